The lowest BCUT2D eigenvalue weighted by molar-refractivity contribution is -0.126. The molecule has 0 aliphatic rings. The molecule has 1 unspecified atom stereocenters. The predicted octanol–water partition coefficient (Wildman–Crippen LogP) is 2.01. The summed E-state index contributed by atoms with van der Waals surface area (Å²) in [6.45, 7) is 8.29. The average Bonchev–Trinajstić information content (AvgIpc) is 2.43. The van der Waals surface area contributed by atoms with Crippen LogP contribution >= 0.6 is 0 Å². The first-order chi connectivity index (χ1) is 9.10. The van der Waals surface area contributed by atoms with Crippen LogP contribution in [0.25, 0.3) is 0 Å². The molecule has 1 aromatic rings. The van der Waals surface area contributed by atoms with E-state index in [0.717, 1.165) is 30.8 Å². The van der Waals surface area contributed by atoms with Gasteiger partial charge < -0.3 is 11.1 Å². The van der Waals surface area contributed by atoms with Gasteiger partial charge in [-0.15, -0.1) is 0 Å². The van der Waals surface area contributed by atoms with Crippen LogP contribution < -0.4 is 11.1 Å². The Morgan fingerprint density at radius 2 is 2.05 bits per heavy atom. The van der Waals surface area contributed by atoms with Crippen LogP contribution in [0.1, 0.15) is 32.8 Å². The molecule has 0 fully saturated rings. The van der Waals surface area contributed by atoms with Gasteiger partial charge in [0.1, 0.15) is 0 Å². The Bertz CT molecular complexity index is 406. The smallest absolute Gasteiger partial charge is 0.237 e. The summed E-state index contributed by atoms with van der Waals surface area (Å²) >= 11 is 0. The molecule has 0 spiro atoms. The lowest BCUT2D eigenvalue weighted by Gasteiger charge is -2.27. The van der Waals surface area contributed by atoms with Crippen molar-refractivity contribution >= 4 is 11.6 Å². The molecular formula is C15H25N3O. The number of carbonyl (C=O) groups excluding carboxylic acids is 1. The van der Waals surface area contributed by atoms with Gasteiger partial charge in [0.2, 0.25) is 5.91 Å². The number of hydrogen-bond donors (Lipinski definition) is 2. The summed E-state index contributed by atoms with van der Waals surface area (Å²) in [6.07, 6.45) is 0.955. The minimum Gasteiger partial charge on any atom is -0.398 e. The van der Waals surface area contributed by atoms with E-state index in [1.807, 2.05) is 38.1 Å². The largest absolute Gasteiger partial charge is 0.398 e. The molecule has 0 saturated heterocycles. The van der Waals surface area contributed by atoms with Crippen LogP contribution in [0.5, 0.6) is 0 Å². The van der Waals surface area contributed by atoms with E-state index in [9.17, 15) is 4.79 Å². The van der Waals surface area contributed by atoms with Crippen LogP contribution in [0, 0.1) is 0 Å². The summed E-state index contributed by atoms with van der Waals surface area (Å²) in [7, 11) is 0. The normalized spacial score (nSPS) is 12.4. The highest BCUT2D eigenvalue weighted by atomic mass is 16.2. The number of hydrogen-bond acceptors (Lipinski definition) is 3. The second kappa shape index (κ2) is 7.79. The Kier molecular flexibility index (Phi) is 6.36. The summed E-state index contributed by atoms with van der Waals surface area (Å²) in [5.74, 6) is 0.0817. The van der Waals surface area contributed by atoms with E-state index in [1.54, 1.807) is 0 Å². The van der Waals surface area contributed by atoms with Crippen molar-refractivity contribution in [3.63, 3.8) is 0 Å². The van der Waals surface area contributed by atoms with Gasteiger partial charge in [-0.25, -0.2) is 0 Å². The first-order valence-electron chi connectivity index (χ1n) is 6.95. The fourth-order valence-electron chi connectivity index (χ4n) is 1.98. The number of anilines is 1. The quantitative estimate of drug-likeness (QED) is 0.740. The highest BCUT2D eigenvalue weighted by molar-refractivity contribution is 5.81. The van der Waals surface area contributed by atoms with Crippen molar-refractivity contribution in [3.05, 3.63) is 29.8 Å². The van der Waals surface area contributed by atoms with Crippen molar-refractivity contribution in [2.24, 2.45) is 0 Å². The minimum absolute atomic E-state index is 0.0817. The molecule has 0 heterocycles. The van der Waals surface area contributed by atoms with E-state index in [0.29, 0.717) is 6.54 Å². The summed E-state index contributed by atoms with van der Waals surface area (Å²) < 4.78 is 0. The minimum atomic E-state index is -0.142. The van der Waals surface area contributed by atoms with Gasteiger partial charge in [-0.1, -0.05) is 32.0 Å². The maximum Gasteiger partial charge on any atom is 0.237 e. The zero-order valence-corrected chi connectivity index (χ0v) is 12.1. The molecule has 0 bridgehead atoms. The predicted molar refractivity (Wildman–Crippen MR) is 79.7 cm³/mol. The van der Waals surface area contributed by atoms with Crippen LogP contribution in [0.15, 0.2) is 24.3 Å². The van der Waals surface area contributed by atoms with Gasteiger partial charge in [0.05, 0.1) is 6.04 Å². The van der Waals surface area contributed by atoms with Crippen LogP contribution in [-0.2, 0) is 11.3 Å². The molecule has 19 heavy (non-hydrogen) atoms. The molecule has 1 rings (SSSR count). The fraction of sp³-hybridized carbons (Fsp3) is 0.533. The third-order valence-corrected chi connectivity index (χ3v) is 3.31. The summed E-state index contributed by atoms with van der Waals surface area (Å²) in [5.41, 5.74) is 7.80. The van der Waals surface area contributed by atoms with Gasteiger partial charge in [0.15, 0.2) is 0 Å². The van der Waals surface area contributed by atoms with E-state index in [-0.39, 0.29) is 11.9 Å². The third-order valence-electron chi connectivity index (χ3n) is 3.31. The molecule has 1 atom stereocenters. The second-order valence-electron chi connectivity index (χ2n) is 4.73. The highest BCUT2D eigenvalue weighted by Crippen LogP contribution is 2.15. The van der Waals surface area contributed by atoms with Crippen molar-refractivity contribution in [2.75, 3.05) is 18.8 Å². The molecule has 1 aromatic carbocycles. The number of nitrogens with one attached hydrogen (secondary N) is 1. The van der Waals surface area contributed by atoms with Crippen molar-refractivity contribution in [3.8, 4) is 0 Å². The SMILES string of the molecule is CCCNC(=O)C(C)N(CC)Cc1ccccc1N. The number of nitrogens with two attached hydrogens (primary N) is 1. The van der Waals surface area contributed by atoms with Crippen LogP contribution in [0.2, 0.25) is 0 Å². The Hall–Kier alpha value is -1.55. The van der Waals surface area contributed by atoms with Crippen molar-refractivity contribution in [1.29, 1.82) is 0 Å². The molecule has 0 aliphatic carbocycles. The highest BCUT2D eigenvalue weighted by Gasteiger charge is 2.20. The number of nitrogen functional groups attached to an aromatic ring is 1. The first kappa shape index (κ1) is 15.5. The van der Waals surface area contributed by atoms with E-state index < -0.39 is 0 Å². The average molecular weight is 263 g/mol. The molecule has 106 valence electrons. The fourth-order valence-corrected chi connectivity index (χ4v) is 1.98. The van der Waals surface area contributed by atoms with Crippen LogP contribution in [0.4, 0.5) is 5.69 Å². The Morgan fingerprint density at radius 3 is 2.63 bits per heavy atom. The van der Waals surface area contributed by atoms with Gasteiger partial charge in [0.25, 0.3) is 0 Å². The maximum atomic E-state index is 12.0. The third kappa shape index (κ3) is 4.56. The van der Waals surface area contributed by atoms with Crippen LogP contribution in [-0.4, -0.2) is 29.9 Å². The maximum absolute atomic E-state index is 12.0. The number of rotatable bonds is 7. The number of carbonyl (C=O) groups is 1. The molecule has 0 aliphatic heterocycles. The molecule has 4 heteroatoms. The topological polar surface area (TPSA) is 58.4 Å². The second-order valence-corrected chi connectivity index (χ2v) is 4.73. The van der Waals surface area contributed by atoms with Gasteiger partial charge in [-0.05, 0) is 31.5 Å². The summed E-state index contributed by atoms with van der Waals surface area (Å²) in [6, 6.07) is 7.66. The number of benzene rings is 1. The zero-order valence-electron chi connectivity index (χ0n) is 12.1. The van der Waals surface area contributed by atoms with E-state index in [2.05, 4.69) is 17.1 Å². The molecule has 0 saturated carbocycles. The lowest BCUT2D eigenvalue weighted by Crippen LogP contribution is -2.44. The number of likely N-dealkylation sites (N-methyl/N-ethyl adjacent to an activating group) is 1. The number of amides is 1. The van der Waals surface area contributed by atoms with E-state index >= 15 is 0 Å². The zero-order chi connectivity index (χ0) is 14.3. The molecule has 0 radical (unpaired) electrons. The molecule has 1 amide bonds. The van der Waals surface area contributed by atoms with Crippen molar-refractivity contribution in [1.82, 2.24) is 10.2 Å². The molecule has 4 nitrogen and oxygen atoms in total. The van der Waals surface area contributed by atoms with Crippen molar-refractivity contribution < 1.29 is 4.79 Å². The summed E-state index contributed by atoms with van der Waals surface area (Å²) in [5, 5.41) is 2.94. The molecule has 0 aromatic heterocycles. The van der Waals surface area contributed by atoms with Gasteiger partial charge in [0, 0.05) is 18.8 Å². The number of para-hydroxylation sites is 1. The summed E-state index contributed by atoms with van der Waals surface area (Å²) in [4.78, 5) is 14.1. The van der Waals surface area contributed by atoms with Crippen molar-refractivity contribution in [2.45, 2.75) is 39.8 Å². The Labute approximate surface area is 116 Å². The van der Waals surface area contributed by atoms with E-state index in [1.165, 1.54) is 0 Å². The van der Waals surface area contributed by atoms with Crippen LogP contribution in [0.3, 0.4) is 0 Å². The Morgan fingerprint density at radius 1 is 1.37 bits per heavy atom. The van der Waals surface area contributed by atoms with Gasteiger partial charge >= 0.3 is 0 Å². The standard InChI is InChI=1S/C15H25N3O/c1-4-10-17-15(19)12(3)18(5-2)11-13-8-6-7-9-14(13)16/h6-9,12H,4-5,10-11,16H2,1-3H3,(H,17,19). The van der Waals surface area contributed by atoms with E-state index in [4.69, 9.17) is 5.73 Å². The Balaban J connectivity index is 2.67. The lowest BCUT2D eigenvalue weighted by atomic mass is 10.1. The van der Waals surface area contributed by atoms with Gasteiger partial charge in [-0.2, -0.15) is 0 Å². The number of nitrogens with zero attached hydrogens (tertiary/aromatic N) is 1. The molecule has 3 N–H and O–H groups in total. The first-order valence-corrected chi connectivity index (χ1v) is 6.95. The molecular weight excluding hydrogens is 238 g/mol. The van der Waals surface area contributed by atoms with Gasteiger partial charge in [-0.3, -0.25) is 9.69 Å². The monoisotopic (exact) mass is 263 g/mol.